The van der Waals surface area contributed by atoms with Crippen molar-refractivity contribution in [3.63, 3.8) is 0 Å². The Kier molecular flexibility index (Phi) is 4.50. The van der Waals surface area contributed by atoms with Crippen LogP contribution in [0.4, 0.5) is 5.69 Å². The highest BCUT2D eigenvalue weighted by Crippen LogP contribution is 2.23. The Hall–Kier alpha value is -1.04. The lowest BCUT2D eigenvalue weighted by atomic mass is 10.2. The summed E-state index contributed by atoms with van der Waals surface area (Å²) in [5.74, 6) is -0.0717. The molecule has 0 saturated carbocycles. The van der Waals surface area contributed by atoms with Gasteiger partial charge in [-0.05, 0) is 30.3 Å². The molecule has 3 nitrogen and oxygen atoms in total. The average Bonchev–Trinajstić information content (AvgIpc) is 2.72. The predicted octanol–water partition coefficient (Wildman–Crippen LogP) is 4.02. The monoisotopic (exact) mass is 358 g/mol. The molecule has 0 aliphatic heterocycles. The zero-order valence-electron chi connectivity index (χ0n) is 10.2. The van der Waals surface area contributed by atoms with Crippen molar-refractivity contribution in [3.05, 3.63) is 49.6 Å². The number of carbonyl (C=O) groups excluding carboxylic acids is 1. The van der Waals surface area contributed by atoms with E-state index in [4.69, 9.17) is 17.3 Å². The molecule has 0 aliphatic rings. The summed E-state index contributed by atoms with van der Waals surface area (Å²) in [5, 5.41) is 0. The molecule has 1 amide bonds. The van der Waals surface area contributed by atoms with E-state index in [9.17, 15) is 4.79 Å². The van der Waals surface area contributed by atoms with Crippen LogP contribution in [0, 0.1) is 0 Å². The van der Waals surface area contributed by atoms with Crippen LogP contribution in [0.15, 0.2) is 34.8 Å². The second-order valence-corrected chi connectivity index (χ2v) is 6.86. The second kappa shape index (κ2) is 5.94. The smallest absolute Gasteiger partial charge is 0.254 e. The van der Waals surface area contributed by atoms with Crippen LogP contribution in [0.3, 0.4) is 0 Å². The summed E-state index contributed by atoms with van der Waals surface area (Å²) in [6, 6.07) is 8.94. The van der Waals surface area contributed by atoms with Gasteiger partial charge in [-0.3, -0.25) is 4.79 Å². The molecular formula is C13H12BrClN2OS. The summed E-state index contributed by atoms with van der Waals surface area (Å²) < 4.78 is 1.52. The number of rotatable bonds is 3. The minimum Gasteiger partial charge on any atom is -0.399 e. The van der Waals surface area contributed by atoms with Gasteiger partial charge >= 0.3 is 0 Å². The fraction of sp³-hybridized carbons (Fsp3) is 0.154. The number of nitrogens with zero attached hydrogens (tertiary/aromatic N) is 1. The van der Waals surface area contributed by atoms with E-state index in [0.29, 0.717) is 17.8 Å². The molecule has 0 aliphatic carbocycles. The lowest BCUT2D eigenvalue weighted by Gasteiger charge is -2.16. The molecule has 1 aromatic heterocycles. The minimum absolute atomic E-state index is 0.0717. The standard InChI is InChI=1S/C13H12BrClN2OS/c1-17(7-11-2-3-12(15)19-11)13(18)8-4-9(14)6-10(16)5-8/h2-6H,7,16H2,1H3. The number of nitrogen functional groups attached to an aromatic ring is 1. The van der Waals surface area contributed by atoms with Gasteiger partial charge in [-0.2, -0.15) is 0 Å². The van der Waals surface area contributed by atoms with E-state index in [1.54, 1.807) is 30.1 Å². The summed E-state index contributed by atoms with van der Waals surface area (Å²) in [6.45, 7) is 0.530. The van der Waals surface area contributed by atoms with Gasteiger partial charge in [0.15, 0.2) is 0 Å². The van der Waals surface area contributed by atoms with Gasteiger partial charge in [-0.25, -0.2) is 0 Å². The van der Waals surface area contributed by atoms with Gasteiger partial charge in [0.25, 0.3) is 5.91 Å². The minimum atomic E-state index is -0.0717. The van der Waals surface area contributed by atoms with Crippen molar-refractivity contribution >= 4 is 50.5 Å². The van der Waals surface area contributed by atoms with Gasteiger partial charge in [-0.1, -0.05) is 27.5 Å². The molecule has 0 spiro atoms. The fourth-order valence-electron chi connectivity index (χ4n) is 1.70. The number of thiophene rings is 1. The Morgan fingerprint density at radius 2 is 2.16 bits per heavy atom. The van der Waals surface area contributed by atoms with Gasteiger partial charge in [0.1, 0.15) is 0 Å². The Bertz CT molecular complexity index is 594. The van der Waals surface area contributed by atoms with E-state index in [0.717, 1.165) is 13.7 Å². The van der Waals surface area contributed by atoms with Gasteiger partial charge in [0, 0.05) is 27.6 Å². The number of carbonyl (C=O) groups is 1. The lowest BCUT2D eigenvalue weighted by molar-refractivity contribution is 0.0786. The Morgan fingerprint density at radius 1 is 1.42 bits per heavy atom. The molecule has 2 N–H and O–H groups in total. The molecule has 0 radical (unpaired) electrons. The number of halogens is 2. The third kappa shape index (κ3) is 3.72. The average molecular weight is 360 g/mol. The third-order valence-corrected chi connectivity index (χ3v) is 4.21. The molecule has 0 atom stereocenters. The molecule has 1 aromatic carbocycles. The summed E-state index contributed by atoms with van der Waals surface area (Å²) in [4.78, 5) is 15.0. The zero-order valence-corrected chi connectivity index (χ0v) is 13.3. The van der Waals surface area contributed by atoms with E-state index in [1.165, 1.54) is 11.3 Å². The van der Waals surface area contributed by atoms with Crippen molar-refractivity contribution in [2.24, 2.45) is 0 Å². The number of nitrogens with two attached hydrogens (primary N) is 1. The van der Waals surface area contributed by atoms with Crippen molar-refractivity contribution in [3.8, 4) is 0 Å². The molecule has 0 fully saturated rings. The first-order chi connectivity index (χ1) is 8.95. The van der Waals surface area contributed by atoms with Crippen LogP contribution in [0.1, 0.15) is 15.2 Å². The first-order valence-corrected chi connectivity index (χ1v) is 7.50. The second-order valence-electron chi connectivity index (χ2n) is 4.14. The summed E-state index contributed by atoms with van der Waals surface area (Å²) in [6.07, 6.45) is 0. The molecule has 2 rings (SSSR count). The van der Waals surface area contributed by atoms with Crippen molar-refractivity contribution in [2.45, 2.75) is 6.54 Å². The van der Waals surface area contributed by atoms with Crippen LogP contribution >= 0.6 is 38.9 Å². The summed E-state index contributed by atoms with van der Waals surface area (Å²) >= 11 is 10.7. The summed E-state index contributed by atoms with van der Waals surface area (Å²) in [5.41, 5.74) is 6.86. The van der Waals surface area contributed by atoms with E-state index < -0.39 is 0 Å². The largest absolute Gasteiger partial charge is 0.399 e. The van der Waals surface area contributed by atoms with Crippen LogP contribution in [0.5, 0.6) is 0 Å². The molecule has 6 heteroatoms. The first-order valence-electron chi connectivity index (χ1n) is 5.51. The van der Waals surface area contributed by atoms with Gasteiger partial charge in [-0.15, -0.1) is 11.3 Å². The van der Waals surface area contributed by atoms with Gasteiger partial charge in [0.2, 0.25) is 0 Å². The van der Waals surface area contributed by atoms with Crippen LogP contribution < -0.4 is 5.73 Å². The van der Waals surface area contributed by atoms with Gasteiger partial charge < -0.3 is 10.6 Å². The van der Waals surface area contributed by atoms with Crippen LogP contribution in [-0.4, -0.2) is 17.9 Å². The quantitative estimate of drug-likeness (QED) is 0.841. The van der Waals surface area contributed by atoms with E-state index in [2.05, 4.69) is 15.9 Å². The summed E-state index contributed by atoms with van der Waals surface area (Å²) in [7, 11) is 1.76. The van der Waals surface area contributed by atoms with Crippen molar-refractivity contribution < 1.29 is 4.79 Å². The first kappa shape index (κ1) is 14.4. The lowest BCUT2D eigenvalue weighted by Crippen LogP contribution is -2.25. The number of anilines is 1. The topological polar surface area (TPSA) is 46.3 Å². The SMILES string of the molecule is CN(Cc1ccc(Cl)s1)C(=O)c1cc(N)cc(Br)c1. The molecule has 2 aromatic rings. The highest BCUT2D eigenvalue weighted by atomic mass is 79.9. The molecule has 1 heterocycles. The molecule has 0 unspecified atom stereocenters. The molecular weight excluding hydrogens is 348 g/mol. The molecule has 19 heavy (non-hydrogen) atoms. The number of benzene rings is 1. The Labute approximate surface area is 129 Å². The normalized spacial score (nSPS) is 10.5. The number of amides is 1. The highest BCUT2D eigenvalue weighted by Gasteiger charge is 2.14. The molecule has 0 bridgehead atoms. The van der Waals surface area contributed by atoms with Gasteiger partial charge in [0.05, 0.1) is 10.9 Å². The number of hydrogen-bond donors (Lipinski definition) is 1. The third-order valence-electron chi connectivity index (χ3n) is 2.54. The maximum atomic E-state index is 12.3. The maximum absolute atomic E-state index is 12.3. The van der Waals surface area contributed by atoms with Crippen molar-refractivity contribution in [2.75, 3.05) is 12.8 Å². The highest BCUT2D eigenvalue weighted by molar-refractivity contribution is 9.10. The van der Waals surface area contributed by atoms with Crippen LogP contribution in [0.25, 0.3) is 0 Å². The zero-order chi connectivity index (χ0) is 14.0. The number of hydrogen-bond acceptors (Lipinski definition) is 3. The van der Waals surface area contributed by atoms with E-state index in [-0.39, 0.29) is 5.91 Å². The Balaban J connectivity index is 2.14. The van der Waals surface area contributed by atoms with Crippen molar-refractivity contribution in [1.29, 1.82) is 0 Å². The maximum Gasteiger partial charge on any atom is 0.254 e. The predicted molar refractivity (Wildman–Crippen MR) is 83.7 cm³/mol. The molecule has 0 saturated heterocycles. The molecule has 100 valence electrons. The van der Waals surface area contributed by atoms with Crippen molar-refractivity contribution in [1.82, 2.24) is 4.90 Å². The van der Waals surface area contributed by atoms with E-state index in [1.807, 2.05) is 12.1 Å². The van der Waals surface area contributed by atoms with E-state index >= 15 is 0 Å². The van der Waals surface area contributed by atoms with Crippen LogP contribution in [0.2, 0.25) is 4.34 Å². The van der Waals surface area contributed by atoms with Crippen LogP contribution in [-0.2, 0) is 6.54 Å². The Morgan fingerprint density at radius 3 is 2.74 bits per heavy atom. The fourth-order valence-corrected chi connectivity index (χ4v) is 3.35.